The van der Waals surface area contributed by atoms with Gasteiger partial charge in [-0.1, -0.05) is 0 Å². The zero-order chi connectivity index (χ0) is 26.8. The van der Waals surface area contributed by atoms with Gasteiger partial charge in [0.25, 0.3) is 11.8 Å². The average Bonchev–Trinajstić information content (AvgIpc) is 3.29. The molecule has 2 aromatic rings. The molecular weight excluding hydrogens is 516 g/mol. The third-order valence-corrected chi connectivity index (χ3v) is 5.90. The summed E-state index contributed by atoms with van der Waals surface area (Å²) in [6.45, 7) is -1.28. The number of pyridine rings is 2. The summed E-state index contributed by atoms with van der Waals surface area (Å²) in [6.07, 6.45) is -8.96. The first-order chi connectivity index (χ1) is 17.4. The fourth-order valence-electron chi connectivity index (χ4n) is 4.14. The van der Waals surface area contributed by atoms with Gasteiger partial charge >= 0.3 is 12.5 Å². The zero-order valence-electron chi connectivity index (χ0n) is 19.3. The van der Waals surface area contributed by atoms with Crippen molar-refractivity contribution >= 4 is 5.91 Å². The highest BCUT2D eigenvalue weighted by Crippen LogP contribution is 2.43. The normalized spacial score (nSPS) is 22.0. The molecule has 0 spiro atoms. The molecular formula is C22H21F6N3O6. The third kappa shape index (κ3) is 5.88. The van der Waals surface area contributed by atoms with Gasteiger partial charge in [-0.05, 0) is 24.3 Å². The predicted molar refractivity (Wildman–Crippen MR) is 111 cm³/mol. The minimum Gasteiger partial charge on any atom is -0.486 e. The van der Waals surface area contributed by atoms with E-state index in [4.69, 9.17) is 18.9 Å². The molecule has 1 amide bonds. The van der Waals surface area contributed by atoms with Crippen molar-refractivity contribution in [3.05, 3.63) is 47.4 Å². The molecule has 2 unspecified atom stereocenters. The Kier molecular flexibility index (Phi) is 7.48. The summed E-state index contributed by atoms with van der Waals surface area (Å²) in [5.41, 5.74) is -2.10. The second-order valence-electron chi connectivity index (χ2n) is 8.08. The number of alkyl halides is 6. The maximum Gasteiger partial charge on any atom is 0.522 e. The number of fused-ring (bicyclic) bond motifs is 1. The Morgan fingerprint density at radius 3 is 2.68 bits per heavy atom. The van der Waals surface area contributed by atoms with Gasteiger partial charge in [0.2, 0.25) is 0 Å². The van der Waals surface area contributed by atoms with E-state index in [0.717, 1.165) is 18.3 Å². The standard InChI is InChI=1S/C22H21F6N3O6/c1-33-18-15(34-8-9-36-22(26,27)28)3-2-14(30-18)19(32)31-7-5-20(17(11-31)35-12-37-20)16-10-13(4-6-29-16)21(23,24)25/h2-4,6,10,17H,5,7-9,11-12H2,1H3. The van der Waals surface area contributed by atoms with Crippen LogP contribution in [0.1, 0.15) is 28.2 Å². The second kappa shape index (κ2) is 10.3. The van der Waals surface area contributed by atoms with Crippen LogP contribution in [0.15, 0.2) is 30.5 Å². The number of ether oxygens (including phenoxy) is 5. The van der Waals surface area contributed by atoms with Crippen LogP contribution in [0.2, 0.25) is 0 Å². The largest absolute Gasteiger partial charge is 0.522 e. The molecule has 2 saturated heterocycles. The van der Waals surface area contributed by atoms with Crippen LogP contribution in [0.3, 0.4) is 0 Å². The van der Waals surface area contributed by atoms with Crippen molar-refractivity contribution in [2.24, 2.45) is 0 Å². The molecule has 4 rings (SSSR count). The fraction of sp³-hybridized carbons (Fsp3) is 0.500. The number of nitrogens with zero attached hydrogens (tertiary/aromatic N) is 3. The highest BCUT2D eigenvalue weighted by Gasteiger charge is 2.53. The third-order valence-electron chi connectivity index (χ3n) is 5.90. The van der Waals surface area contributed by atoms with Gasteiger partial charge in [0, 0.05) is 19.2 Å². The molecule has 15 heteroatoms. The summed E-state index contributed by atoms with van der Waals surface area (Å²) in [6, 6.07) is 4.42. The van der Waals surface area contributed by atoms with E-state index in [0.29, 0.717) is 0 Å². The number of carbonyl (C=O) groups is 1. The van der Waals surface area contributed by atoms with Crippen molar-refractivity contribution in [1.29, 1.82) is 0 Å². The van der Waals surface area contributed by atoms with E-state index in [1.54, 1.807) is 0 Å². The Hall–Kier alpha value is -3.17. The molecule has 0 saturated carbocycles. The lowest BCUT2D eigenvalue weighted by molar-refractivity contribution is -0.325. The maximum atomic E-state index is 13.2. The number of aromatic nitrogens is 2. The molecule has 2 aliphatic heterocycles. The molecule has 0 bridgehead atoms. The molecule has 2 fully saturated rings. The Morgan fingerprint density at radius 2 is 1.97 bits per heavy atom. The Balaban J connectivity index is 1.46. The van der Waals surface area contributed by atoms with Gasteiger partial charge in [-0.25, -0.2) is 4.98 Å². The number of piperidine rings is 1. The van der Waals surface area contributed by atoms with Crippen molar-refractivity contribution in [1.82, 2.24) is 14.9 Å². The Bertz CT molecular complexity index is 1130. The van der Waals surface area contributed by atoms with Gasteiger partial charge in [0.05, 0.1) is 31.5 Å². The molecule has 9 nitrogen and oxygen atoms in total. The van der Waals surface area contributed by atoms with Crippen LogP contribution < -0.4 is 9.47 Å². The number of halogens is 6. The van der Waals surface area contributed by atoms with E-state index in [9.17, 15) is 31.1 Å². The first-order valence-corrected chi connectivity index (χ1v) is 10.9. The minimum atomic E-state index is -4.79. The molecule has 2 atom stereocenters. The van der Waals surface area contributed by atoms with Crippen LogP contribution in [0.5, 0.6) is 11.6 Å². The monoisotopic (exact) mass is 537 g/mol. The number of likely N-dealkylation sites (tertiary alicyclic amines) is 1. The SMILES string of the molecule is COc1nc(C(=O)N2CCC3(c4cc(C(F)(F)F)ccn4)OCOC3C2)ccc1OCCOC(F)(F)F. The van der Waals surface area contributed by atoms with E-state index < -0.39 is 48.9 Å². The van der Waals surface area contributed by atoms with Crippen molar-refractivity contribution in [3.8, 4) is 11.6 Å². The molecule has 0 radical (unpaired) electrons. The lowest BCUT2D eigenvalue weighted by Gasteiger charge is -2.41. The highest BCUT2D eigenvalue weighted by atomic mass is 19.4. The molecule has 4 heterocycles. The van der Waals surface area contributed by atoms with Crippen LogP contribution in [0, 0.1) is 0 Å². The van der Waals surface area contributed by atoms with Crippen LogP contribution >= 0.6 is 0 Å². The number of amides is 1. The zero-order valence-corrected chi connectivity index (χ0v) is 19.3. The first-order valence-electron chi connectivity index (χ1n) is 10.9. The second-order valence-corrected chi connectivity index (χ2v) is 8.08. The van der Waals surface area contributed by atoms with Gasteiger partial charge in [0.1, 0.15) is 30.8 Å². The fourth-order valence-corrected chi connectivity index (χ4v) is 4.14. The molecule has 0 N–H and O–H groups in total. The number of hydrogen-bond acceptors (Lipinski definition) is 8. The van der Waals surface area contributed by atoms with Gasteiger partial charge in [-0.15, -0.1) is 13.2 Å². The molecule has 0 aliphatic carbocycles. The lowest BCUT2D eigenvalue weighted by atomic mass is 9.84. The summed E-state index contributed by atoms with van der Waals surface area (Å²) in [5.74, 6) is -0.644. The van der Waals surface area contributed by atoms with Crippen LogP contribution in [0.25, 0.3) is 0 Å². The van der Waals surface area contributed by atoms with E-state index in [-0.39, 0.29) is 49.3 Å². The molecule has 2 aliphatic rings. The summed E-state index contributed by atoms with van der Waals surface area (Å²) in [5, 5.41) is 0. The topological polar surface area (TPSA) is 92.2 Å². The lowest BCUT2D eigenvalue weighted by Crippen LogP contribution is -2.54. The number of hydrogen-bond donors (Lipinski definition) is 0. The Labute approximate surface area is 206 Å². The predicted octanol–water partition coefficient (Wildman–Crippen LogP) is 3.53. The van der Waals surface area contributed by atoms with Gasteiger partial charge in [-0.3, -0.25) is 14.5 Å². The summed E-state index contributed by atoms with van der Waals surface area (Å²) >= 11 is 0. The van der Waals surface area contributed by atoms with Crippen LogP contribution in [0.4, 0.5) is 26.3 Å². The quantitative estimate of drug-likeness (QED) is 0.392. The van der Waals surface area contributed by atoms with Gasteiger partial charge < -0.3 is 23.8 Å². The molecule has 2 aromatic heterocycles. The van der Waals surface area contributed by atoms with E-state index in [2.05, 4.69) is 14.7 Å². The van der Waals surface area contributed by atoms with E-state index in [1.807, 2.05) is 0 Å². The van der Waals surface area contributed by atoms with Crippen molar-refractivity contribution in [2.75, 3.05) is 40.2 Å². The average molecular weight is 537 g/mol. The number of carbonyl (C=O) groups excluding carboxylic acids is 1. The van der Waals surface area contributed by atoms with E-state index >= 15 is 0 Å². The van der Waals surface area contributed by atoms with Crippen molar-refractivity contribution < 1.29 is 54.8 Å². The number of rotatable bonds is 7. The molecule has 0 aromatic carbocycles. The van der Waals surface area contributed by atoms with Crippen LogP contribution in [-0.2, 0) is 26.0 Å². The van der Waals surface area contributed by atoms with Crippen molar-refractivity contribution in [2.45, 2.75) is 30.7 Å². The summed E-state index contributed by atoms with van der Waals surface area (Å²) < 4.78 is 101. The highest BCUT2D eigenvalue weighted by molar-refractivity contribution is 5.92. The Morgan fingerprint density at radius 1 is 1.19 bits per heavy atom. The van der Waals surface area contributed by atoms with E-state index in [1.165, 1.54) is 24.1 Å². The number of methoxy groups -OCH3 is 1. The molecule has 202 valence electrons. The summed E-state index contributed by atoms with van der Waals surface area (Å²) in [7, 11) is 1.25. The summed E-state index contributed by atoms with van der Waals surface area (Å²) in [4.78, 5) is 22.7. The maximum absolute atomic E-state index is 13.2. The molecule has 37 heavy (non-hydrogen) atoms. The smallest absolute Gasteiger partial charge is 0.486 e. The van der Waals surface area contributed by atoms with Crippen LogP contribution in [-0.4, -0.2) is 73.4 Å². The van der Waals surface area contributed by atoms with Gasteiger partial charge in [0.15, 0.2) is 5.75 Å². The van der Waals surface area contributed by atoms with Gasteiger partial charge in [-0.2, -0.15) is 13.2 Å². The first kappa shape index (κ1) is 26.9. The van der Waals surface area contributed by atoms with Crippen molar-refractivity contribution in [3.63, 3.8) is 0 Å². The minimum absolute atomic E-state index is 0.00522.